The summed E-state index contributed by atoms with van der Waals surface area (Å²) in [6.45, 7) is 2.91. The Morgan fingerprint density at radius 2 is 2.14 bits per heavy atom. The molecule has 0 unspecified atom stereocenters. The summed E-state index contributed by atoms with van der Waals surface area (Å²) >= 11 is 0. The first-order valence-electron chi connectivity index (χ1n) is 7.97. The van der Waals surface area contributed by atoms with Crippen molar-refractivity contribution >= 4 is 11.9 Å². The first kappa shape index (κ1) is 16.3. The molecule has 1 aliphatic rings. The smallest absolute Gasteiger partial charge is 0.224 e. The fourth-order valence-electron chi connectivity index (χ4n) is 2.49. The maximum absolute atomic E-state index is 12.0. The number of aliphatic imine (C=N–C) groups is 1. The molecule has 2 heterocycles. The highest BCUT2D eigenvalue weighted by Crippen LogP contribution is 2.09. The lowest BCUT2D eigenvalue weighted by atomic mass is 10.1. The number of nitrogens with two attached hydrogens (primary N) is 1. The van der Waals surface area contributed by atoms with Gasteiger partial charge in [0.15, 0.2) is 5.96 Å². The monoisotopic (exact) mass is 303 g/mol. The van der Waals surface area contributed by atoms with Gasteiger partial charge >= 0.3 is 0 Å². The molecular weight excluding hydrogens is 278 g/mol. The molecule has 22 heavy (non-hydrogen) atoms. The van der Waals surface area contributed by atoms with Crippen LogP contribution >= 0.6 is 0 Å². The molecule has 1 amide bonds. The molecule has 2 rings (SSSR count). The van der Waals surface area contributed by atoms with E-state index in [1.165, 1.54) is 6.42 Å². The van der Waals surface area contributed by atoms with Crippen LogP contribution < -0.4 is 11.1 Å². The molecule has 1 aromatic heterocycles. The number of nitrogens with zero attached hydrogens (tertiary/aromatic N) is 3. The van der Waals surface area contributed by atoms with Crippen LogP contribution in [0.25, 0.3) is 0 Å². The summed E-state index contributed by atoms with van der Waals surface area (Å²) < 4.78 is 0. The van der Waals surface area contributed by atoms with Crippen LogP contribution in [0.2, 0.25) is 0 Å². The highest BCUT2D eigenvalue weighted by Gasteiger charge is 2.15. The second-order valence-corrected chi connectivity index (χ2v) is 5.46. The normalized spacial score (nSPS) is 15.6. The largest absolute Gasteiger partial charge is 0.370 e. The zero-order valence-corrected chi connectivity index (χ0v) is 13.0. The van der Waals surface area contributed by atoms with Gasteiger partial charge in [-0.3, -0.25) is 14.8 Å². The van der Waals surface area contributed by atoms with Crippen LogP contribution in [-0.2, 0) is 11.2 Å². The molecule has 1 aromatic rings. The Labute approximate surface area is 131 Å². The molecule has 6 nitrogen and oxygen atoms in total. The molecule has 6 heteroatoms. The Hall–Kier alpha value is -2.11. The molecule has 0 atom stereocenters. The van der Waals surface area contributed by atoms with Gasteiger partial charge in [0.25, 0.3) is 0 Å². The van der Waals surface area contributed by atoms with E-state index in [1.807, 2.05) is 23.1 Å². The van der Waals surface area contributed by atoms with Crippen LogP contribution in [-0.4, -0.2) is 47.9 Å². The van der Waals surface area contributed by atoms with Crippen molar-refractivity contribution < 1.29 is 4.79 Å². The van der Waals surface area contributed by atoms with E-state index >= 15 is 0 Å². The standard InChI is InChI=1S/C16H25N5O/c17-16(19-10-7-14-6-2-3-9-18-14)20-11-8-15(22)21-12-4-1-5-13-21/h2-3,6,9H,1,4-5,7-8,10-13H2,(H3,17,19,20). The number of aromatic nitrogens is 1. The summed E-state index contributed by atoms with van der Waals surface area (Å²) in [5.41, 5.74) is 6.81. The van der Waals surface area contributed by atoms with Crippen molar-refractivity contribution in [3.05, 3.63) is 30.1 Å². The first-order chi connectivity index (χ1) is 10.8. The molecule has 0 spiro atoms. The molecular formula is C16H25N5O. The Morgan fingerprint density at radius 3 is 2.86 bits per heavy atom. The lowest BCUT2D eigenvalue weighted by molar-refractivity contribution is -0.131. The number of pyridine rings is 1. The van der Waals surface area contributed by atoms with Gasteiger partial charge in [-0.25, -0.2) is 0 Å². The van der Waals surface area contributed by atoms with E-state index < -0.39 is 0 Å². The van der Waals surface area contributed by atoms with Crippen LogP contribution in [0.5, 0.6) is 0 Å². The molecule has 0 bridgehead atoms. The highest BCUT2D eigenvalue weighted by atomic mass is 16.2. The van der Waals surface area contributed by atoms with Gasteiger partial charge in [-0.15, -0.1) is 0 Å². The predicted octanol–water partition coefficient (Wildman–Crippen LogP) is 0.931. The number of nitrogens with one attached hydrogen (secondary N) is 1. The van der Waals surface area contributed by atoms with Gasteiger partial charge in [-0.1, -0.05) is 6.07 Å². The van der Waals surface area contributed by atoms with Gasteiger partial charge in [0.05, 0.1) is 6.54 Å². The third-order valence-electron chi connectivity index (χ3n) is 3.73. The van der Waals surface area contributed by atoms with E-state index in [1.54, 1.807) is 6.20 Å². The number of rotatable bonds is 6. The molecule has 0 saturated carbocycles. The average Bonchev–Trinajstić information content (AvgIpc) is 2.56. The van der Waals surface area contributed by atoms with Crippen molar-refractivity contribution in [2.75, 3.05) is 26.2 Å². The van der Waals surface area contributed by atoms with Gasteiger partial charge in [-0.05, 0) is 31.4 Å². The minimum absolute atomic E-state index is 0.185. The topological polar surface area (TPSA) is 83.6 Å². The summed E-state index contributed by atoms with van der Waals surface area (Å²) in [6.07, 6.45) is 6.47. The fraction of sp³-hybridized carbons (Fsp3) is 0.562. The number of carbonyl (C=O) groups is 1. The summed E-state index contributed by atoms with van der Waals surface area (Å²) in [4.78, 5) is 22.3. The molecule has 0 aliphatic carbocycles. The van der Waals surface area contributed by atoms with Crippen molar-refractivity contribution in [1.82, 2.24) is 15.2 Å². The lowest BCUT2D eigenvalue weighted by Crippen LogP contribution is -2.36. The number of hydrogen-bond acceptors (Lipinski definition) is 3. The molecule has 3 N–H and O–H groups in total. The molecule has 120 valence electrons. The average molecular weight is 303 g/mol. The zero-order valence-electron chi connectivity index (χ0n) is 13.0. The second kappa shape index (κ2) is 9.02. The number of hydrogen-bond donors (Lipinski definition) is 2. The van der Waals surface area contributed by atoms with Crippen molar-refractivity contribution in [1.29, 1.82) is 0 Å². The van der Waals surface area contributed by atoms with Gasteiger partial charge in [0.2, 0.25) is 5.91 Å². The van der Waals surface area contributed by atoms with Crippen LogP contribution in [0.1, 0.15) is 31.4 Å². The SMILES string of the molecule is NC(=NCCC(=O)N1CCCCC1)NCCc1ccccn1. The van der Waals surface area contributed by atoms with E-state index in [-0.39, 0.29) is 5.91 Å². The number of likely N-dealkylation sites (tertiary alicyclic amines) is 1. The molecule has 1 fully saturated rings. The van der Waals surface area contributed by atoms with Crippen molar-refractivity contribution in [2.24, 2.45) is 10.7 Å². The minimum atomic E-state index is 0.185. The Morgan fingerprint density at radius 1 is 1.32 bits per heavy atom. The van der Waals surface area contributed by atoms with Gasteiger partial charge < -0.3 is 16.0 Å². The second-order valence-electron chi connectivity index (χ2n) is 5.46. The summed E-state index contributed by atoms with van der Waals surface area (Å²) in [5.74, 6) is 0.576. The van der Waals surface area contributed by atoms with Crippen molar-refractivity contribution in [3.63, 3.8) is 0 Å². The van der Waals surface area contributed by atoms with Crippen LogP contribution in [0, 0.1) is 0 Å². The first-order valence-corrected chi connectivity index (χ1v) is 7.97. The van der Waals surface area contributed by atoms with Crippen molar-refractivity contribution in [3.8, 4) is 0 Å². The number of guanidine groups is 1. The maximum atomic E-state index is 12.0. The van der Waals surface area contributed by atoms with Crippen LogP contribution in [0.3, 0.4) is 0 Å². The zero-order chi connectivity index (χ0) is 15.6. The van der Waals surface area contributed by atoms with E-state index in [4.69, 9.17) is 5.73 Å². The summed E-state index contributed by atoms with van der Waals surface area (Å²) in [6, 6.07) is 5.84. The van der Waals surface area contributed by atoms with Gasteiger partial charge in [0, 0.05) is 44.4 Å². The molecule has 0 radical (unpaired) electrons. The van der Waals surface area contributed by atoms with Gasteiger partial charge in [0.1, 0.15) is 0 Å². The van der Waals surface area contributed by atoms with E-state index in [0.29, 0.717) is 25.5 Å². The lowest BCUT2D eigenvalue weighted by Gasteiger charge is -2.26. The third-order valence-corrected chi connectivity index (χ3v) is 3.73. The quantitative estimate of drug-likeness (QED) is 0.605. The fourth-order valence-corrected chi connectivity index (χ4v) is 2.49. The minimum Gasteiger partial charge on any atom is -0.370 e. The van der Waals surface area contributed by atoms with Crippen LogP contribution in [0.4, 0.5) is 0 Å². The van der Waals surface area contributed by atoms with E-state index in [9.17, 15) is 4.79 Å². The van der Waals surface area contributed by atoms with Crippen LogP contribution in [0.15, 0.2) is 29.4 Å². The predicted molar refractivity (Wildman–Crippen MR) is 87.5 cm³/mol. The van der Waals surface area contributed by atoms with E-state index in [2.05, 4.69) is 15.3 Å². The molecule has 1 saturated heterocycles. The number of amides is 1. The summed E-state index contributed by atoms with van der Waals surface area (Å²) in [7, 11) is 0. The maximum Gasteiger partial charge on any atom is 0.224 e. The van der Waals surface area contributed by atoms with Gasteiger partial charge in [-0.2, -0.15) is 0 Å². The number of carbonyl (C=O) groups excluding carboxylic acids is 1. The highest BCUT2D eigenvalue weighted by molar-refractivity contribution is 5.79. The van der Waals surface area contributed by atoms with E-state index in [0.717, 1.165) is 38.0 Å². The van der Waals surface area contributed by atoms with Crippen molar-refractivity contribution in [2.45, 2.75) is 32.1 Å². The molecule has 1 aliphatic heterocycles. The summed E-state index contributed by atoms with van der Waals surface area (Å²) in [5, 5.41) is 3.05. The third kappa shape index (κ3) is 5.71. The Bertz CT molecular complexity index is 483. The Kier molecular flexibility index (Phi) is 6.67. The Balaban J connectivity index is 1.61. The number of piperidine rings is 1. The molecule has 0 aromatic carbocycles.